The van der Waals surface area contributed by atoms with Gasteiger partial charge >= 0.3 is 0 Å². The van der Waals surface area contributed by atoms with E-state index in [0.717, 1.165) is 62.7 Å². The van der Waals surface area contributed by atoms with Gasteiger partial charge in [0.2, 0.25) is 0 Å². The third kappa shape index (κ3) is 4.84. The van der Waals surface area contributed by atoms with Crippen LogP contribution >= 0.6 is 0 Å². The van der Waals surface area contributed by atoms with Crippen LogP contribution in [0.5, 0.6) is 0 Å². The molecule has 5 nitrogen and oxygen atoms in total. The van der Waals surface area contributed by atoms with Crippen LogP contribution in [0.25, 0.3) is 0 Å². The molecule has 0 aromatic carbocycles. The quantitative estimate of drug-likeness (QED) is 0.783. The molecule has 3 heterocycles. The van der Waals surface area contributed by atoms with Crippen LogP contribution in [0.3, 0.4) is 0 Å². The number of hydrogen-bond acceptors (Lipinski definition) is 5. The van der Waals surface area contributed by atoms with Gasteiger partial charge in [0, 0.05) is 24.7 Å². The van der Waals surface area contributed by atoms with Crippen molar-refractivity contribution in [3.63, 3.8) is 0 Å². The lowest BCUT2D eigenvalue weighted by atomic mass is 9.94. The molecule has 1 unspecified atom stereocenters. The first-order valence-corrected chi connectivity index (χ1v) is 10.3. The number of nitrogens with zero attached hydrogens (tertiary/aromatic N) is 2. The van der Waals surface area contributed by atoms with Crippen molar-refractivity contribution in [2.45, 2.75) is 38.6 Å². The highest BCUT2D eigenvalue weighted by molar-refractivity contribution is 5.34. The molecule has 148 valence electrons. The highest BCUT2D eigenvalue weighted by atomic mass is 16.5. The number of anilines is 1. The van der Waals surface area contributed by atoms with Crippen molar-refractivity contribution < 1.29 is 9.47 Å². The van der Waals surface area contributed by atoms with E-state index in [9.17, 15) is 0 Å². The van der Waals surface area contributed by atoms with E-state index in [-0.39, 0.29) is 0 Å². The van der Waals surface area contributed by atoms with Gasteiger partial charge in [0.15, 0.2) is 5.76 Å². The lowest BCUT2D eigenvalue weighted by Crippen LogP contribution is -2.40. The minimum Gasteiger partial charge on any atom is -0.462 e. The second-order valence-electron chi connectivity index (χ2n) is 7.73. The van der Waals surface area contributed by atoms with Crippen LogP contribution in [0, 0.1) is 5.92 Å². The van der Waals surface area contributed by atoms with Crippen LogP contribution in [0.2, 0.25) is 0 Å². The van der Waals surface area contributed by atoms with Gasteiger partial charge in [-0.1, -0.05) is 24.3 Å². The number of rotatable bonds is 6. The van der Waals surface area contributed by atoms with Gasteiger partial charge in [0.1, 0.15) is 24.1 Å². The van der Waals surface area contributed by atoms with Crippen LogP contribution in [-0.4, -0.2) is 35.6 Å². The molecule has 1 fully saturated rings. The molecule has 3 aliphatic rings. The Morgan fingerprint density at radius 3 is 2.79 bits per heavy atom. The fourth-order valence-electron chi connectivity index (χ4n) is 3.98. The molecule has 1 atom stereocenters. The normalized spacial score (nSPS) is 21.7. The van der Waals surface area contributed by atoms with Gasteiger partial charge in [-0.25, -0.2) is 4.98 Å². The van der Waals surface area contributed by atoms with E-state index in [4.69, 9.17) is 9.47 Å². The molecule has 1 aromatic heterocycles. The van der Waals surface area contributed by atoms with Crippen LogP contribution in [0.15, 0.2) is 72.2 Å². The topological polar surface area (TPSA) is 46.6 Å². The van der Waals surface area contributed by atoms with Crippen LogP contribution in [0.1, 0.15) is 32.6 Å². The summed E-state index contributed by atoms with van der Waals surface area (Å²) in [5, 5.41) is 3.47. The van der Waals surface area contributed by atoms with Crippen molar-refractivity contribution >= 4 is 5.82 Å². The van der Waals surface area contributed by atoms with Gasteiger partial charge in [0.25, 0.3) is 0 Å². The summed E-state index contributed by atoms with van der Waals surface area (Å²) in [5.41, 5.74) is 1.21. The first-order valence-electron chi connectivity index (χ1n) is 10.3. The van der Waals surface area contributed by atoms with Crippen molar-refractivity contribution in [3.8, 4) is 0 Å². The number of hydrogen-bond donors (Lipinski definition) is 1. The summed E-state index contributed by atoms with van der Waals surface area (Å²) in [7, 11) is 0. The molecule has 0 saturated carbocycles. The number of pyridine rings is 1. The Kier molecular flexibility index (Phi) is 6.12. The molecule has 2 aliphatic heterocycles. The second-order valence-corrected chi connectivity index (χ2v) is 7.73. The molecule has 28 heavy (non-hydrogen) atoms. The van der Waals surface area contributed by atoms with E-state index < -0.39 is 0 Å². The molecule has 1 saturated heterocycles. The van der Waals surface area contributed by atoms with Gasteiger partial charge in [-0.15, -0.1) is 0 Å². The van der Waals surface area contributed by atoms with Gasteiger partial charge in [-0.05, 0) is 63.4 Å². The summed E-state index contributed by atoms with van der Waals surface area (Å²) in [6, 6.07) is 6.32. The Bertz CT molecular complexity index is 774. The lowest BCUT2D eigenvalue weighted by molar-refractivity contribution is 0.141. The lowest BCUT2D eigenvalue weighted by Gasteiger charge is -2.34. The summed E-state index contributed by atoms with van der Waals surface area (Å²) < 4.78 is 11.8. The maximum atomic E-state index is 5.95. The zero-order chi connectivity index (χ0) is 19.2. The largest absolute Gasteiger partial charge is 0.462 e. The summed E-state index contributed by atoms with van der Waals surface area (Å²) in [5.74, 6) is 3.19. The minimum atomic E-state index is 0.364. The van der Waals surface area contributed by atoms with Crippen LogP contribution < -0.4 is 5.32 Å². The maximum Gasteiger partial charge on any atom is 0.164 e. The Balaban J connectivity index is 1.22. The van der Waals surface area contributed by atoms with E-state index in [1.165, 1.54) is 5.57 Å². The summed E-state index contributed by atoms with van der Waals surface area (Å²) in [6.45, 7) is 5.38. The average molecular weight is 380 g/mol. The minimum absolute atomic E-state index is 0.364. The first kappa shape index (κ1) is 18.8. The van der Waals surface area contributed by atoms with E-state index in [0.29, 0.717) is 12.0 Å². The van der Waals surface area contributed by atoms with Crippen molar-refractivity contribution in [2.75, 3.05) is 25.0 Å². The molecule has 0 amide bonds. The zero-order valence-electron chi connectivity index (χ0n) is 16.5. The number of allylic oxidation sites excluding steroid dienone is 5. The second kappa shape index (κ2) is 9.11. The third-order valence-electron chi connectivity index (χ3n) is 5.52. The molecule has 0 radical (unpaired) electrons. The fraction of sp³-hybridized carbons (Fsp3) is 0.435. The summed E-state index contributed by atoms with van der Waals surface area (Å²) in [6.07, 6.45) is 16.1. The Labute approximate surface area is 167 Å². The molecule has 5 heteroatoms. The van der Waals surface area contributed by atoms with Gasteiger partial charge in [-0.2, -0.15) is 0 Å². The van der Waals surface area contributed by atoms with Gasteiger partial charge in [-0.3, -0.25) is 0 Å². The van der Waals surface area contributed by atoms with Crippen LogP contribution in [0.4, 0.5) is 5.82 Å². The third-order valence-corrected chi connectivity index (χ3v) is 5.52. The molecule has 1 N–H and O–H groups in total. The molecule has 1 aromatic rings. The zero-order valence-corrected chi connectivity index (χ0v) is 16.5. The van der Waals surface area contributed by atoms with Crippen molar-refractivity contribution in [2.24, 2.45) is 5.92 Å². The maximum absolute atomic E-state index is 5.95. The SMILES string of the molecule is CC(CN1CCC(C2=COC(C3=CC=CCC3)=CO2)CC1)Nc1ccccn1. The highest BCUT2D eigenvalue weighted by Crippen LogP contribution is 2.31. The van der Waals surface area contributed by atoms with Crippen molar-refractivity contribution in [1.82, 2.24) is 9.88 Å². The number of ether oxygens (including phenoxy) is 2. The standard InChI is InChI=1S/C23H29N3O2/c1-18(25-23-9-5-6-12-24-23)15-26-13-10-20(11-14-26)22-17-27-21(16-28-22)19-7-3-2-4-8-19/h2-3,5-7,9,12,16-18,20H,4,8,10-11,13-15H2,1H3,(H,24,25). The Morgan fingerprint density at radius 1 is 1.21 bits per heavy atom. The highest BCUT2D eigenvalue weighted by Gasteiger charge is 2.26. The van der Waals surface area contributed by atoms with E-state index >= 15 is 0 Å². The number of likely N-dealkylation sites (tertiary alicyclic amines) is 1. The number of aromatic nitrogens is 1. The van der Waals surface area contributed by atoms with E-state index in [2.05, 4.69) is 40.4 Å². The van der Waals surface area contributed by atoms with Gasteiger partial charge < -0.3 is 19.7 Å². The molecule has 0 spiro atoms. The predicted molar refractivity (Wildman–Crippen MR) is 111 cm³/mol. The molecule has 0 bridgehead atoms. The smallest absolute Gasteiger partial charge is 0.164 e. The molecular formula is C23H29N3O2. The predicted octanol–water partition coefficient (Wildman–Crippen LogP) is 4.60. The molecular weight excluding hydrogens is 350 g/mol. The Morgan fingerprint density at radius 2 is 2.11 bits per heavy atom. The monoisotopic (exact) mass is 379 g/mol. The average Bonchev–Trinajstić information content (AvgIpc) is 2.76. The van der Waals surface area contributed by atoms with E-state index in [1.807, 2.05) is 30.7 Å². The van der Waals surface area contributed by atoms with Crippen LogP contribution in [-0.2, 0) is 9.47 Å². The number of piperidine rings is 1. The number of nitrogens with one attached hydrogen (secondary N) is 1. The Hall–Kier alpha value is -2.53. The van der Waals surface area contributed by atoms with E-state index in [1.54, 1.807) is 6.26 Å². The summed E-state index contributed by atoms with van der Waals surface area (Å²) in [4.78, 5) is 6.86. The summed E-state index contributed by atoms with van der Waals surface area (Å²) >= 11 is 0. The van der Waals surface area contributed by atoms with Gasteiger partial charge in [0.05, 0.1) is 0 Å². The molecule has 4 rings (SSSR count). The van der Waals surface area contributed by atoms with Crippen molar-refractivity contribution in [1.29, 1.82) is 0 Å². The van der Waals surface area contributed by atoms with Crippen molar-refractivity contribution in [3.05, 3.63) is 72.2 Å². The first-order chi connectivity index (χ1) is 13.8. The molecule has 1 aliphatic carbocycles. The fourth-order valence-corrected chi connectivity index (χ4v) is 3.98.